The van der Waals surface area contributed by atoms with Gasteiger partial charge in [-0.05, 0) is 31.2 Å². The van der Waals surface area contributed by atoms with E-state index in [1.165, 1.54) is 4.70 Å². The number of aromatic nitrogens is 1. The molecule has 1 saturated heterocycles. The molecule has 3 aromatic rings. The van der Waals surface area contributed by atoms with E-state index in [0.29, 0.717) is 6.04 Å². The number of para-hydroxylation sites is 1. The Kier molecular flexibility index (Phi) is 5.12. The maximum atomic E-state index is 5.98. The van der Waals surface area contributed by atoms with E-state index < -0.39 is 0 Å². The minimum atomic E-state index is 0.502. The Morgan fingerprint density at radius 2 is 2.04 bits per heavy atom. The summed E-state index contributed by atoms with van der Waals surface area (Å²) >= 11 is 1.67. The standard InChI is InChI=1S/C19H23N3O2S/c1-14(22-8-10-23-11-9-22)12-20-13-15-6-7-17(24-15)19-21-16-4-2-3-5-18(16)25-19/h2-7,14,20H,8-13H2,1H3. The second-order valence-electron chi connectivity index (χ2n) is 6.38. The fraction of sp³-hybridized carbons (Fsp3) is 0.421. The van der Waals surface area contributed by atoms with Crippen LogP contribution in [0.3, 0.4) is 0 Å². The van der Waals surface area contributed by atoms with Crippen LogP contribution in [0.4, 0.5) is 0 Å². The lowest BCUT2D eigenvalue weighted by Gasteiger charge is -2.32. The Balaban J connectivity index is 1.33. The van der Waals surface area contributed by atoms with Crippen molar-refractivity contribution in [3.05, 3.63) is 42.2 Å². The van der Waals surface area contributed by atoms with Gasteiger partial charge in [-0.3, -0.25) is 4.90 Å². The van der Waals surface area contributed by atoms with E-state index in [2.05, 4.69) is 28.2 Å². The first-order valence-electron chi connectivity index (χ1n) is 8.77. The van der Waals surface area contributed by atoms with E-state index in [1.54, 1.807) is 11.3 Å². The van der Waals surface area contributed by atoms with E-state index in [0.717, 1.165) is 61.4 Å². The van der Waals surface area contributed by atoms with Gasteiger partial charge in [0, 0.05) is 25.7 Å². The van der Waals surface area contributed by atoms with Gasteiger partial charge in [-0.25, -0.2) is 4.98 Å². The Bertz CT molecular complexity index is 790. The third kappa shape index (κ3) is 3.93. The van der Waals surface area contributed by atoms with Gasteiger partial charge in [0.15, 0.2) is 10.8 Å². The Morgan fingerprint density at radius 1 is 1.20 bits per heavy atom. The third-order valence-electron chi connectivity index (χ3n) is 4.57. The highest BCUT2D eigenvalue weighted by molar-refractivity contribution is 7.21. The number of nitrogens with one attached hydrogen (secondary N) is 1. The van der Waals surface area contributed by atoms with Crippen LogP contribution in [0.25, 0.3) is 21.0 Å². The summed E-state index contributed by atoms with van der Waals surface area (Å²) in [5.74, 6) is 1.79. The van der Waals surface area contributed by atoms with Crippen molar-refractivity contribution in [2.45, 2.75) is 19.5 Å². The topological polar surface area (TPSA) is 50.5 Å². The molecule has 1 aliphatic rings. The lowest BCUT2D eigenvalue weighted by Crippen LogP contribution is -2.46. The van der Waals surface area contributed by atoms with Gasteiger partial charge < -0.3 is 14.5 Å². The highest BCUT2D eigenvalue weighted by atomic mass is 32.1. The molecule has 3 heterocycles. The molecule has 0 aliphatic carbocycles. The summed E-state index contributed by atoms with van der Waals surface area (Å²) in [5.41, 5.74) is 1.03. The molecule has 1 N–H and O–H groups in total. The van der Waals surface area contributed by atoms with Gasteiger partial charge in [0.25, 0.3) is 0 Å². The summed E-state index contributed by atoms with van der Waals surface area (Å²) < 4.78 is 12.6. The van der Waals surface area contributed by atoms with Crippen molar-refractivity contribution < 1.29 is 9.15 Å². The molecular weight excluding hydrogens is 334 g/mol. The van der Waals surface area contributed by atoms with Crippen LogP contribution in [0.2, 0.25) is 0 Å². The molecule has 0 bridgehead atoms. The van der Waals surface area contributed by atoms with Gasteiger partial charge in [-0.15, -0.1) is 11.3 Å². The maximum absolute atomic E-state index is 5.98. The first kappa shape index (κ1) is 16.7. The molecule has 2 aromatic heterocycles. The summed E-state index contributed by atoms with van der Waals surface area (Å²) in [4.78, 5) is 7.12. The van der Waals surface area contributed by atoms with Crippen molar-refractivity contribution in [1.82, 2.24) is 15.2 Å². The SMILES string of the molecule is CC(CNCc1ccc(-c2nc3ccccc3s2)o1)N1CCOCC1. The Hall–Kier alpha value is -1.73. The molecule has 1 aromatic carbocycles. The van der Waals surface area contributed by atoms with Crippen LogP contribution < -0.4 is 5.32 Å². The van der Waals surface area contributed by atoms with Crippen molar-refractivity contribution in [3.63, 3.8) is 0 Å². The average molecular weight is 357 g/mol. The van der Waals surface area contributed by atoms with Crippen LogP contribution in [-0.2, 0) is 11.3 Å². The largest absolute Gasteiger partial charge is 0.457 e. The first-order chi connectivity index (χ1) is 12.3. The number of morpholine rings is 1. The zero-order valence-corrected chi connectivity index (χ0v) is 15.2. The molecule has 0 saturated carbocycles. The number of furan rings is 1. The molecular formula is C19H23N3O2S. The molecule has 4 rings (SSSR count). The average Bonchev–Trinajstić information content (AvgIpc) is 3.29. The van der Waals surface area contributed by atoms with E-state index in [-0.39, 0.29) is 0 Å². The molecule has 1 atom stereocenters. The summed E-state index contributed by atoms with van der Waals surface area (Å²) in [6, 6.07) is 12.7. The molecule has 0 spiro atoms. The minimum absolute atomic E-state index is 0.502. The fourth-order valence-corrected chi connectivity index (χ4v) is 4.04. The summed E-state index contributed by atoms with van der Waals surface area (Å²) in [6.45, 7) is 7.66. The third-order valence-corrected chi connectivity index (χ3v) is 5.63. The maximum Gasteiger partial charge on any atom is 0.163 e. The van der Waals surface area contributed by atoms with Gasteiger partial charge in [0.05, 0.1) is 30.0 Å². The molecule has 6 heteroatoms. The van der Waals surface area contributed by atoms with E-state index in [1.807, 2.05) is 30.3 Å². The van der Waals surface area contributed by atoms with Crippen molar-refractivity contribution in [2.75, 3.05) is 32.8 Å². The van der Waals surface area contributed by atoms with Gasteiger partial charge in [-0.2, -0.15) is 0 Å². The Labute approximate surface area is 151 Å². The Morgan fingerprint density at radius 3 is 2.88 bits per heavy atom. The molecule has 1 unspecified atom stereocenters. The van der Waals surface area contributed by atoms with Crippen LogP contribution in [-0.4, -0.2) is 48.8 Å². The zero-order chi connectivity index (χ0) is 17.1. The predicted molar refractivity (Wildman–Crippen MR) is 101 cm³/mol. The quantitative estimate of drug-likeness (QED) is 0.733. The van der Waals surface area contributed by atoms with Crippen LogP contribution in [0.1, 0.15) is 12.7 Å². The number of ether oxygens (including phenoxy) is 1. The molecule has 1 fully saturated rings. The smallest absolute Gasteiger partial charge is 0.163 e. The molecule has 25 heavy (non-hydrogen) atoms. The van der Waals surface area contributed by atoms with E-state index in [9.17, 15) is 0 Å². The number of fused-ring (bicyclic) bond motifs is 1. The van der Waals surface area contributed by atoms with Crippen LogP contribution in [0.15, 0.2) is 40.8 Å². The predicted octanol–water partition coefficient (Wildman–Crippen LogP) is 3.37. The number of thiazole rings is 1. The summed E-state index contributed by atoms with van der Waals surface area (Å²) in [7, 11) is 0. The zero-order valence-electron chi connectivity index (χ0n) is 14.4. The normalized spacial score (nSPS) is 17.2. The number of hydrogen-bond donors (Lipinski definition) is 1. The first-order valence-corrected chi connectivity index (χ1v) is 9.58. The van der Waals surface area contributed by atoms with Gasteiger partial charge >= 0.3 is 0 Å². The van der Waals surface area contributed by atoms with Crippen molar-refractivity contribution >= 4 is 21.6 Å². The minimum Gasteiger partial charge on any atom is -0.457 e. The number of hydrogen-bond acceptors (Lipinski definition) is 6. The molecule has 132 valence electrons. The second kappa shape index (κ2) is 7.66. The lowest BCUT2D eigenvalue weighted by atomic mass is 10.2. The van der Waals surface area contributed by atoms with Crippen molar-refractivity contribution in [3.8, 4) is 10.8 Å². The highest BCUT2D eigenvalue weighted by Gasteiger charge is 2.16. The van der Waals surface area contributed by atoms with E-state index >= 15 is 0 Å². The monoisotopic (exact) mass is 357 g/mol. The summed E-state index contributed by atoms with van der Waals surface area (Å²) in [6.07, 6.45) is 0. The van der Waals surface area contributed by atoms with Crippen LogP contribution >= 0.6 is 11.3 Å². The molecule has 0 radical (unpaired) electrons. The van der Waals surface area contributed by atoms with Crippen LogP contribution in [0, 0.1) is 0 Å². The van der Waals surface area contributed by atoms with Crippen molar-refractivity contribution in [2.24, 2.45) is 0 Å². The number of rotatable bonds is 6. The number of benzene rings is 1. The molecule has 0 amide bonds. The number of nitrogens with zero attached hydrogens (tertiary/aromatic N) is 2. The van der Waals surface area contributed by atoms with Crippen molar-refractivity contribution in [1.29, 1.82) is 0 Å². The second-order valence-corrected chi connectivity index (χ2v) is 7.41. The fourth-order valence-electron chi connectivity index (χ4n) is 3.12. The van der Waals surface area contributed by atoms with Gasteiger partial charge in [-0.1, -0.05) is 12.1 Å². The highest BCUT2D eigenvalue weighted by Crippen LogP contribution is 2.31. The molecule has 5 nitrogen and oxygen atoms in total. The van der Waals surface area contributed by atoms with Gasteiger partial charge in [0.2, 0.25) is 0 Å². The lowest BCUT2D eigenvalue weighted by molar-refractivity contribution is 0.0203. The van der Waals surface area contributed by atoms with Crippen LogP contribution in [0.5, 0.6) is 0 Å². The van der Waals surface area contributed by atoms with Gasteiger partial charge in [0.1, 0.15) is 5.76 Å². The molecule has 1 aliphatic heterocycles. The summed E-state index contributed by atoms with van der Waals surface area (Å²) in [5, 5.41) is 4.44. The van der Waals surface area contributed by atoms with E-state index in [4.69, 9.17) is 9.15 Å².